The lowest BCUT2D eigenvalue weighted by Crippen LogP contribution is -2.29. The van der Waals surface area contributed by atoms with Gasteiger partial charge in [0.2, 0.25) is 0 Å². The second-order valence-electron chi connectivity index (χ2n) is 6.95. The molecular formula is C21H21ClN2O3. The van der Waals surface area contributed by atoms with Crippen LogP contribution in [-0.4, -0.2) is 42.6 Å². The van der Waals surface area contributed by atoms with Crippen LogP contribution in [0.5, 0.6) is 0 Å². The van der Waals surface area contributed by atoms with E-state index in [0.717, 1.165) is 25.1 Å². The van der Waals surface area contributed by atoms with E-state index in [1.807, 2.05) is 47.4 Å². The maximum atomic E-state index is 12.8. The monoisotopic (exact) mass is 384 g/mol. The molecule has 0 unspecified atom stereocenters. The van der Waals surface area contributed by atoms with Gasteiger partial charge in [0.15, 0.2) is 11.5 Å². The normalized spacial score (nSPS) is 17.0. The van der Waals surface area contributed by atoms with E-state index in [1.54, 1.807) is 7.11 Å². The molecule has 0 N–H and O–H groups in total. The minimum absolute atomic E-state index is 0.0396. The number of hydrogen-bond donors (Lipinski definition) is 0. The molecule has 1 aromatic heterocycles. The zero-order valence-corrected chi connectivity index (χ0v) is 15.9. The number of amides is 1. The molecule has 1 fully saturated rings. The number of carbonyl (C=O) groups is 1. The summed E-state index contributed by atoms with van der Waals surface area (Å²) in [7, 11) is 1.70. The van der Waals surface area contributed by atoms with E-state index in [1.165, 1.54) is 0 Å². The zero-order valence-electron chi connectivity index (χ0n) is 15.2. The summed E-state index contributed by atoms with van der Waals surface area (Å²) in [6.07, 6.45) is 1.57. The summed E-state index contributed by atoms with van der Waals surface area (Å²) in [5.41, 5.74) is 3.11. The van der Waals surface area contributed by atoms with E-state index < -0.39 is 0 Å². The summed E-state index contributed by atoms with van der Waals surface area (Å²) >= 11 is 5.92. The summed E-state index contributed by atoms with van der Waals surface area (Å²) in [6.45, 7) is 2.21. The molecule has 2 aromatic carbocycles. The molecule has 3 aromatic rings. The molecule has 27 heavy (non-hydrogen) atoms. The average molecular weight is 385 g/mol. The third kappa shape index (κ3) is 3.99. The third-order valence-electron chi connectivity index (χ3n) is 4.92. The van der Waals surface area contributed by atoms with Crippen LogP contribution >= 0.6 is 11.6 Å². The standard InChI is InChI=1S/C21H21ClN2O3/c1-26-13-15-8-9-24(12-15)21(25)16-4-7-19-18(11-16)23-20(27-19)10-14-2-5-17(22)6-3-14/h2-7,11,15H,8-10,12-13H2,1H3/t15-/m1/s1. The number of aromatic nitrogens is 1. The van der Waals surface area contributed by atoms with Gasteiger partial charge in [0.1, 0.15) is 5.52 Å². The second kappa shape index (κ2) is 7.71. The van der Waals surface area contributed by atoms with Crippen LogP contribution in [-0.2, 0) is 11.2 Å². The molecule has 0 spiro atoms. The highest BCUT2D eigenvalue weighted by Gasteiger charge is 2.27. The first-order chi connectivity index (χ1) is 13.1. The number of methoxy groups -OCH3 is 1. The molecule has 0 aliphatic carbocycles. The van der Waals surface area contributed by atoms with Crippen molar-refractivity contribution in [2.24, 2.45) is 5.92 Å². The highest BCUT2D eigenvalue weighted by molar-refractivity contribution is 6.30. The van der Waals surface area contributed by atoms with Crippen molar-refractivity contribution in [1.82, 2.24) is 9.88 Å². The highest BCUT2D eigenvalue weighted by Crippen LogP contribution is 2.23. The quantitative estimate of drug-likeness (QED) is 0.662. The highest BCUT2D eigenvalue weighted by atomic mass is 35.5. The van der Waals surface area contributed by atoms with E-state index >= 15 is 0 Å². The molecule has 4 rings (SSSR count). The summed E-state index contributed by atoms with van der Waals surface area (Å²) in [4.78, 5) is 19.2. The Hall–Kier alpha value is -2.37. The van der Waals surface area contributed by atoms with Gasteiger partial charge in [0, 0.05) is 43.1 Å². The number of rotatable bonds is 5. The van der Waals surface area contributed by atoms with Gasteiger partial charge in [-0.05, 0) is 42.3 Å². The smallest absolute Gasteiger partial charge is 0.253 e. The molecule has 1 aliphatic heterocycles. The van der Waals surface area contributed by atoms with Crippen molar-refractivity contribution >= 4 is 28.6 Å². The van der Waals surface area contributed by atoms with Gasteiger partial charge in [-0.2, -0.15) is 0 Å². The molecule has 6 heteroatoms. The van der Waals surface area contributed by atoms with Crippen LogP contribution in [0.2, 0.25) is 5.02 Å². The third-order valence-corrected chi connectivity index (χ3v) is 5.17. The maximum absolute atomic E-state index is 12.8. The molecule has 1 atom stereocenters. The lowest BCUT2D eigenvalue weighted by Gasteiger charge is -2.16. The van der Waals surface area contributed by atoms with Crippen LogP contribution in [0.3, 0.4) is 0 Å². The van der Waals surface area contributed by atoms with E-state index in [4.69, 9.17) is 20.8 Å². The number of oxazole rings is 1. The fourth-order valence-electron chi connectivity index (χ4n) is 3.53. The van der Waals surface area contributed by atoms with Crippen molar-refractivity contribution in [1.29, 1.82) is 0 Å². The first-order valence-electron chi connectivity index (χ1n) is 9.04. The first kappa shape index (κ1) is 18.0. The fourth-order valence-corrected chi connectivity index (χ4v) is 3.66. The predicted octanol–water partition coefficient (Wildman–Crippen LogP) is 4.18. The summed E-state index contributed by atoms with van der Waals surface area (Å²) < 4.78 is 11.0. The van der Waals surface area contributed by atoms with Gasteiger partial charge in [-0.15, -0.1) is 0 Å². The number of benzene rings is 2. The van der Waals surface area contributed by atoms with Crippen LogP contribution < -0.4 is 0 Å². The number of likely N-dealkylation sites (tertiary alicyclic amines) is 1. The molecule has 0 saturated carbocycles. The lowest BCUT2D eigenvalue weighted by atomic mass is 10.1. The molecule has 5 nitrogen and oxygen atoms in total. The summed E-state index contributed by atoms with van der Waals surface area (Å²) in [5, 5.41) is 0.703. The molecule has 1 aliphatic rings. The zero-order chi connectivity index (χ0) is 18.8. The number of nitrogens with zero attached hydrogens (tertiary/aromatic N) is 2. The molecule has 140 valence electrons. The minimum Gasteiger partial charge on any atom is -0.440 e. The van der Waals surface area contributed by atoms with Crippen LogP contribution in [0.4, 0.5) is 0 Å². The van der Waals surface area contributed by atoms with E-state index in [9.17, 15) is 4.79 Å². The van der Waals surface area contributed by atoms with Crippen molar-refractivity contribution in [3.05, 3.63) is 64.5 Å². The minimum atomic E-state index is 0.0396. The van der Waals surface area contributed by atoms with Gasteiger partial charge in [-0.3, -0.25) is 4.79 Å². The molecular weight excluding hydrogens is 364 g/mol. The Morgan fingerprint density at radius 2 is 2.11 bits per heavy atom. The topological polar surface area (TPSA) is 55.6 Å². The SMILES string of the molecule is COC[C@@H]1CCN(C(=O)c2ccc3oc(Cc4ccc(Cl)cc4)nc3c2)C1. The van der Waals surface area contributed by atoms with E-state index in [0.29, 0.717) is 46.5 Å². The predicted molar refractivity (Wildman–Crippen MR) is 104 cm³/mol. The van der Waals surface area contributed by atoms with E-state index in [-0.39, 0.29) is 5.91 Å². The van der Waals surface area contributed by atoms with Crippen molar-refractivity contribution in [3.63, 3.8) is 0 Å². The van der Waals surface area contributed by atoms with Gasteiger partial charge in [0.25, 0.3) is 5.91 Å². The molecule has 1 saturated heterocycles. The Labute approximate surface area is 162 Å². The van der Waals surface area contributed by atoms with Gasteiger partial charge < -0.3 is 14.1 Å². The number of halogens is 1. The second-order valence-corrected chi connectivity index (χ2v) is 7.39. The van der Waals surface area contributed by atoms with E-state index in [2.05, 4.69) is 4.98 Å². The first-order valence-corrected chi connectivity index (χ1v) is 9.42. The fraction of sp³-hybridized carbons (Fsp3) is 0.333. The Morgan fingerprint density at radius 1 is 1.30 bits per heavy atom. The van der Waals surface area contributed by atoms with Crippen molar-refractivity contribution in [2.75, 3.05) is 26.8 Å². The van der Waals surface area contributed by atoms with Crippen molar-refractivity contribution < 1.29 is 13.9 Å². The molecule has 0 radical (unpaired) electrons. The number of carbonyl (C=O) groups excluding carboxylic acids is 1. The largest absolute Gasteiger partial charge is 0.440 e. The van der Waals surface area contributed by atoms with Gasteiger partial charge in [0.05, 0.1) is 6.61 Å². The van der Waals surface area contributed by atoms with Crippen LogP contribution in [0.25, 0.3) is 11.1 Å². The summed E-state index contributed by atoms with van der Waals surface area (Å²) in [5.74, 6) is 1.08. The average Bonchev–Trinajstić information content (AvgIpc) is 3.29. The Morgan fingerprint density at radius 3 is 2.89 bits per heavy atom. The Bertz CT molecular complexity index is 952. The summed E-state index contributed by atoms with van der Waals surface area (Å²) in [6, 6.07) is 13.1. The van der Waals surface area contributed by atoms with Gasteiger partial charge in [-0.25, -0.2) is 4.98 Å². The number of hydrogen-bond acceptors (Lipinski definition) is 4. The van der Waals surface area contributed by atoms with Crippen LogP contribution in [0.15, 0.2) is 46.9 Å². The van der Waals surface area contributed by atoms with Crippen molar-refractivity contribution in [2.45, 2.75) is 12.8 Å². The Kier molecular flexibility index (Phi) is 5.14. The van der Waals surface area contributed by atoms with Crippen LogP contribution in [0.1, 0.15) is 28.2 Å². The lowest BCUT2D eigenvalue weighted by molar-refractivity contribution is 0.0775. The van der Waals surface area contributed by atoms with Gasteiger partial charge >= 0.3 is 0 Å². The van der Waals surface area contributed by atoms with Crippen LogP contribution in [0, 0.1) is 5.92 Å². The molecule has 0 bridgehead atoms. The maximum Gasteiger partial charge on any atom is 0.253 e. The number of ether oxygens (including phenoxy) is 1. The van der Waals surface area contributed by atoms with Crippen molar-refractivity contribution in [3.8, 4) is 0 Å². The molecule has 2 heterocycles. The number of fused-ring (bicyclic) bond motifs is 1. The molecule has 1 amide bonds. The Balaban J connectivity index is 1.50. The van der Waals surface area contributed by atoms with Gasteiger partial charge in [-0.1, -0.05) is 23.7 Å².